The van der Waals surface area contributed by atoms with Gasteiger partial charge in [0, 0.05) is 18.4 Å². The number of nitrogens with zero attached hydrogens (tertiary/aromatic N) is 2. The van der Waals surface area contributed by atoms with E-state index in [-0.39, 0.29) is 18.5 Å². The standard InChI is InChI=1S/C10H14F3N3O/c1-7(14)2-8-3-15-9(16-4-8)5-17-6-10(11,12)13/h3-4,7H,2,5-6,14H2,1H3. The lowest BCUT2D eigenvalue weighted by Gasteiger charge is -2.07. The van der Waals surface area contributed by atoms with Gasteiger partial charge in [-0.15, -0.1) is 0 Å². The largest absolute Gasteiger partial charge is 0.411 e. The average molecular weight is 249 g/mol. The van der Waals surface area contributed by atoms with E-state index in [2.05, 4.69) is 14.7 Å². The van der Waals surface area contributed by atoms with Crippen molar-refractivity contribution in [1.29, 1.82) is 0 Å². The van der Waals surface area contributed by atoms with Crippen molar-refractivity contribution < 1.29 is 17.9 Å². The zero-order valence-electron chi connectivity index (χ0n) is 9.37. The van der Waals surface area contributed by atoms with Crippen molar-refractivity contribution in [2.24, 2.45) is 5.73 Å². The van der Waals surface area contributed by atoms with Crippen LogP contribution in [0, 0.1) is 0 Å². The lowest BCUT2D eigenvalue weighted by Crippen LogP contribution is -2.19. The Morgan fingerprint density at radius 1 is 1.35 bits per heavy atom. The summed E-state index contributed by atoms with van der Waals surface area (Å²) >= 11 is 0. The number of aromatic nitrogens is 2. The van der Waals surface area contributed by atoms with E-state index in [0.29, 0.717) is 6.42 Å². The third kappa shape index (κ3) is 6.18. The molecule has 0 aliphatic rings. The number of rotatable bonds is 5. The summed E-state index contributed by atoms with van der Waals surface area (Å²) in [6.45, 7) is 0.302. The Bertz CT molecular complexity index is 338. The summed E-state index contributed by atoms with van der Waals surface area (Å²) in [7, 11) is 0. The highest BCUT2D eigenvalue weighted by atomic mass is 19.4. The Morgan fingerprint density at radius 3 is 2.41 bits per heavy atom. The number of hydrogen-bond donors (Lipinski definition) is 1. The fourth-order valence-electron chi connectivity index (χ4n) is 1.19. The molecule has 2 N–H and O–H groups in total. The summed E-state index contributed by atoms with van der Waals surface area (Å²) < 4.78 is 39.8. The molecule has 0 fully saturated rings. The van der Waals surface area contributed by atoms with Crippen LogP contribution < -0.4 is 5.73 Å². The molecule has 0 aromatic carbocycles. The van der Waals surface area contributed by atoms with Crippen LogP contribution in [0.3, 0.4) is 0 Å². The molecule has 0 radical (unpaired) electrons. The molecule has 0 bridgehead atoms. The van der Waals surface area contributed by atoms with E-state index < -0.39 is 12.8 Å². The topological polar surface area (TPSA) is 61.0 Å². The molecule has 0 amide bonds. The van der Waals surface area contributed by atoms with Gasteiger partial charge in [0.15, 0.2) is 5.82 Å². The van der Waals surface area contributed by atoms with E-state index in [0.717, 1.165) is 5.56 Å². The van der Waals surface area contributed by atoms with Gasteiger partial charge in [0.25, 0.3) is 0 Å². The third-order valence-corrected chi connectivity index (χ3v) is 1.81. The molecule has 0 aliphatic carbocycles. The summed E-state index contributed by atoms with van der Waals surface area (Å²) in [5, 5.41) is 0. The molecule has 1 aromatic heterocycles. The molecule has 1 aromatic rings. The molecule has 1 unspecified atom stereocenters. The second kappa shape index (κ2) is 5.92. The van der Waals surface area contributed by atoms with Gasteiger partial charge in [-0.1, -0.05) is 0 Å². The molecule has 1 rings (SSSR count). The van der Waals surface area contributed by atoms with Gasteiger partial charge in [-0.3, -0.25) is 0 Å². The summed E-state index contributed by atoms with van der Waals surface area (Å²) in [5.74, 6) is 0.225. The van der Waals surface area contributed by atoms with Crippen molar-refractivity contribution >= 4 is 0 Å². The Morgan fingerprint density at radius 2 is 1.94 bits per heavy atom. The van der Waals surface area contributed by atoms with Crippen LogP contribution in [0.4, 0.5) is 13.2 Å². The quantitative estimate of drug-likeness (QED) is 0.857. The van der Waals surface area contributed by atoms with Crippen LogP contribution in [-0.2, 0) is 17.8 Å². The van der Waals surface area contributed by atoms with Crippen molar-refractivity contribution in [1.82, 2.24) is 9.97 Å². The highest BCUT2D eigenvalue weighted by Crippen LogP contribution is 2.14. The highest BCUT2D eigenvalue weighted by molar-refractivity contribution is 5.06. The van der Waals surface area contributed by atoms with Crippen LogP contribution in [-0.4, -0.2) is 28.8 Å². The highest BCUT2D eigenvalue weighted by Gasteiger charge is 2.27. The maximum atomic E-state index is 11.8. The third-order valence-electron chi connectivity index (χ3n) is 1.81. The van der Waals surface area contributed by atoms with Crippen LogP contribution in [0.25, 0.3) is 0 Å². The molecule has 1 atom stereocenters. The molecule has 17 heavy (non-hydrogen) atoms. The van der Waals surface area contributed by atoms with Gasteiger partial charge >= 0.3 is 6.18 Å². The number of ether oxygens (including phenoxy) is 1. The van der Waals surface area contributed by atoms with Gasteiger partial charge in [0.1, 0.15) is 13.2 Å². The molecule has 7 heteroatoms. The van der Waals surface area contributed by atoms with Crippen molar-refractivity contribution in [3.05, 3.63) is 23.8 Å². The Hall–Kier alpha value is -1.21. The van der Waals surface area contributed by atoms with Gasteiger partial charge in [-0.25, -0.2) is 9.97 Å². The first-order valence-electron chi connectivity index (χ1n) is 5.06. The number of alkyl halides is 3. The average Bonchev–Trinajstić information content (AvgIpc) is 2.18. The Balaban J connectivity index is 2.40. The molecule has 0 spiro atoms. The monoisotopic (exact) mass is 249 g/mol. The number of nitrogens with two attached hydrogens (primary N) is 1. The summed E-state index contributed by atoms with van der Waals surface area (Å²) in [4.78, 5) is 7.78. The van der Waals surface area contributed by atoms with E-state index in [9.17, 15) is 13.2 Å². The van der Waals surface area contributed by atoms with Gasteiger partial charge in [0.2, 0.25) is 0 Å². The van der Waals surface area contributed by atoms with Gasteiger partial charge in [-0.2, -0.15) is 13.2 Å². The first-order chi connectivity index (χ1) is 7.87. The second-order valence-electron chi connectivity index (χ2n) is 3.80. The molecule has 4 nitrogen and oxygen atoms in total. The molecule has 0 saturated carbocycles. The summed E-state index contributed by atoms with van der Waals surface area (Å²) in [6, 6.07) is -0.00840. The van der Waals surface area contributed by atoms with E-state index in [4.69, 9.17) is 5.73 Å². The Labute approximate surface area is 97.0 Å². The van der Waals surface area contributed by atoms with E-state index >= 15 is 0 Å². The Kier molecular flexibility index (Phi) is 4.83. The molecule has 96 valence electrons. The van der Waals surface area contributed by atoms with E-state index in [1.165, 1.54) is 0 Å². The van der Waals surface area contributed by atoms with Crippen molar-refractivity contribution in [2.75, 3.05) is 6.61 Å². The maximum Gasteiger partial charge on any atom is 0.411 e. The fourth-order valence-corrected chi connectivity index (χ4v) is 1.19. The molecular formula is C10H14F3N3O. The predicted octanol–water partition coefficient (Wildman–Crippen LogP) is 1.45. The van der Waals surface area contributed by atoms with Crippen LogP contribution in [0.2, 0.25) is 0 Å². The van der Waals surface area contributed by atoms with Crippen LogP contribution >= 0.6 is 0 Å². The van der Waals surface area contributed by atoms with Gasteiger partial charge < -0.3 is 10.5 Å². The smallest absolute Gasteiger partial charge is 0.364 e. The molecule has 1 heterocycles. The minimum Gasteiger partial charge on any atom is -0.364 e. The first kappa shape index (κ1) is 13.9. The minimum absolute atomic E-state index is 0.00840. The number of halogens is 3. The van der Waals surface area contributed by atoms with Crippen LogP contribution in [0.1, 0.15) is 18.3 Å². The summed E-state index contributed by atoms with van der Waals surface area (Å²) in [6.07, 6.45) is -0.607. The lowest BCUT2D eigenvalue weighted by atomic mass is 10.1. The number of hydrogen-bond acceptors (Lipinski definition) is 4. The summed E-state index contributed by atoms with van der Waals surface area (Å²) in [5.41, 5.74) is 6.43. The van der Waals surface area contributed by atoms with Crippen molar-refractivity contribution in [3.63, 3.8) is 0 Å². The zero-order chi connectivity index (χ0) is 12.9. The fraction of sp³-hybridized carbons (Fsp3) is 0.600. The lowest BCUT2D eigenvalue weighted by molar-refractivity contribution is -0.177. The van der Waals surface area contributed by atoms with Gasteiger partial charge in [-0.05, 0) is 18.9 Å². The second-order valence-corrected chi connectivity index (χ2v) is 3.80. The van der Waals surface area contributed by atoms with Crippen molar-refractivity contribution in [3.8, 4) is 0 Å². The van der Waals surface area contributed by atoms with Gasteiger partial charge in [0.05, 0.1) is 0 Å². The first-order valence-corrected chi connectivity index (χ1v) is 5.06. The molecule has 0 saturated heterocycles. The maximum absolute atomic E-state index is 11.8. The predicted molar refractivity (Wildman–Crippen MR) is 55.1 cm³/mol. The van der Waals surface area contributed by atoms with Crippen molar-refractivity contribution in [2.45, 2.75) is 32.2 Å². The van der Waals surface area contributed by atoms with E-state index in [1.807, 2.05) is 6.92 Å². The normalized spacial score (nSPS) is 13.7. The zero-order valence-corrected chi connectivity index (χ0v) is 9.37. The molecule has 0 aliphatic heterocycles. The SMILES string of the molecule is CC(N)Cc1cnc(COCC(F)(F)F)nc1. The van der Waals surface area contributed by atoms with Crippen LogP contribution in [0.5, 0.6) is 0 Å². The van der Waals surface area contributed by atoms with E-state index in [1.54, 1.807) is 12.4 Å². The molecular weight excluding hydrogens is 235 g/mol. The minimum atomic E-state index is -4.32. The van der Waals surface area contributed by atoms with Crippen LogP contribution in [0.15, 0.2) is 12.4 Å².